The third-order valence-electron chi connectivity index (χ3n) is 8.11. The summed E-state index contributed by atoms with van der Waals surface area (Å²) >= 11 is 8.62. The van der Waals surface area contributed by atoms with Gasteiger partial charge in [-0.25, -0.2) is 0 Å². The second kappa shape index (κ2) is 15.2. The summed E-state index contributed by atoms with van der Waals surface area (Å²) in [5.41, 5.74) is 3.79. The largest absolute Gasteiger partial charge is 0.507 e. The third-order valence-corrected chi connectivity index (χ3v) is 10.5. The van der Waals surface area contributed by atoms with E-state index in [2.05, 4.69) is 10.2 Å². The quantitative estimate of drug-likeness (QED) is 0.0444. The van der Waals surface area contributed by atoms with Crippen LogP contribution in [0.25, 0.3) is 5.76 Å². The van der Waals surface area contributed by atoms with Crippen molar-refractivity contribution in [3.63, 3.8) is 0 Å². The number of aliphatic hydroxyl groups is 1. The topological polar surface area (TPSA) is 120 Å². The zero-order valence-electron chi connectivity index (χ0n) is 27.5. The number of ether oxygens (including phenoxy) is 4. The number of hydrogen-bond donors (Lipinski definition) is 1. The number of anilines is 1. The molecular weight excluding hydrogens is 698 g/mol. The number of methoxy groups -OCH3 is 3. The maximum absolute atomic E-state index is 13.8. The zero-order valence-corrected chi connectivity index (χ0v) is 29.9. The second-order valence-electron chi connectivity index (χ2n) is 11.1. The smallest absolute Gasteiger partial charge is 0.301 e. The summed E-state index contributed by atoms with van der Waals surface area (Å²) in [4.78, 5) is 28.9. The SMILES string of the molecule is COc1cc(C2/C(=C(\O)c3ccc(OCc4ccccc4C)cc3)C(=O)C(=O)N2c2nnc(SCc3ccc(Cl)cc3)s2)cc(OC)c1OC. The monoisotopic (exact) mass is 729 g/mol. The summed E-state index contributed by atoms with van der Waals surface area (Å²) < 4.78 is 23.3. The van der Waals surface area contributed by atoms with E-state index in [-0.39, 0.29) is 16.5 Å². The molecule has 1 atom stereocenters. The van der Waals surface area contributed by atoms with Gasteiger partial charge in [0.05, 0.1) is 32.9 Å². The van der Waals surface area contributed by atoms with Crippen molar-refractivity contribution >= 4 is 57.3 Å². The molecule has 1 unspecified atom stereocenters. The molecule has 1 N–H and O–H groups in total. The number of Topliss-reactive ketones (excluding diaryl/α,β-unsaturated/α-hetero) is 1. The summed E-state index contributed by atoms with van der Waals surface area (Å²) in [7, 11) is 4.41. The van der Waals surface area contributed by atoms with Crippen molar-refractivity contribution in [1.29, 1.82) is 0 Å². The van der Waals surface area contributed by atoms with Gasteiger partial charge in [-0.1, -0.05) is 71.1 Å². The Morgan fingerprint density at radius 1 is 0.920 bits per heavy atom. The molecule has 1 amide bonds. The highest BCUT2D eigenvalue weighted by molar-refractivity contribution is 8.00. The summed E-state index contributed by atoms with van der Waals surface area (Å²) in [5.74, 6) is -0.0145. The number of nitrogens with zero attached hydrogens (tertiary/aromatic N) is 3. The molecule has 50 heavy (non-hydrogen) atoms. The molecule has 0 saturated carbocycles. The Kier molecular flexibility index (Phi) is 10.6. The highest BCUT2D eigenvalue weighted by Crippen LogP contribution is 2.48. The van der Waals surface area contributed by atoms with Crippen molar-refractivity contribution < 1.29 is 33.6 Å². The van der Waals surface area contributed by atoms with Crippen LogP contribution >= 0.6 is 34.7 Å². The van der Waals surface area contributed by atoms with E-state index in [1.54, 1.807) is 36.4 Å². The molecule has 1 aromatic heterocycles. The van der Waals surface area contributed by atoms with Crippen LogP contribution in [0.15, 0.2) is 94.8 Å². The summed E-state index contributed by atoms with van der Waals surface area (Å²) in [6.07, 6.45) is 0. The van der Waals surface area contributed by atoms with Gasteiger partial charge < -0.3 is 24.1 Å². The van der Waals surface area contributed by atoms with E-state index in [1.165, 1.54) is 38.0 Å². The number of thioether (sulfide) groups is 1. The number of halogens is 1. The molecule has 6 rings (SSSR count). The molecule has 2 heterocycles. The van der Waals surface area contributed by atoms with Gasteiger partial charge in [-0.05, 0) is 77.7 Å². The van der Waals surface area contributed by atoms with Gasteiger partial charge in [-0.3, -0.25) is 14.5 Å². The van der Waals surface area contributed by atoms with Crippen LogP contribution in [0, 0.1) is 6.92 Å². The molecule has 0 radical (unpaired) electrons. The van der Waals surface area contributed by atoms with E-state index in [4.69, 9.17) is 30.5 Å². The van der Waals surface area contributed by atoms with Gasteiger partial charge >= 0.3 is 5.91 Å². The standard InChI is InChI=1S/C37H32ClN3O7S2/c1-21-7-5-6-8-24(21)19-48-27-15-11-23(12-16-27)32(42)30-31(25-17-28(45-2)34(47-4)29(18-25)46-3)41(35(44)33(30)43)36-39-40-37(50-36)49-20-22-9-13-26(38)14-10-22/h5-18,31,42H,19-20H2,1-4H3/b32-30+. The summed E-state index contributed by atoms with van der Waals surface area (Å²) in [6.45, 7) is 2.38. The van der Waals surface area contributed by atoms with Crippen LogP contribution in [0.2, 0.25) is 5.02 Å². The molecule has 0 bridgehead atoms. The Morgan fingerprint density at radius 3 is 2.24 bits per heavy atom. The lowest BCUT2D eigenvalue weighted by Gasteiger charge is -2.24. The minimum atomic E-state index is -1.11. The lowest BCUT2D eigenvalue weighted by Crippen LogP contribution is -2.29. The maximum Gasteiger partial charge on any atom is 0.301 e. The molecule has 1 saturated heterocycles. The van der Waals surface area contributed by atoms with E-state index in [0.717, 1.165) is 28.0 Å². The molecule has 4 aromatic carbocycles. The van der Waals surface area contributed by atoms with Gasteiger partial charge in [0.15, 0.2) is 15.8 Å². The Balaban J connectivity index is 1.37. The van der Waals surface area contributed by atoms with E-state index in [9.17, 15) is 14.7 Å². The highest BCUT2D eigenvalue weighted by atomic mass is 35.5. The van der Waals surface area contributed by atoms with Crippen LogP contribution in [0.4, 0.5) is 5.13 Å². The molecule has 256 valence electrons. The van der Waals surface area contributed by atoms with Crippen molar-refractivity contribution in [3.05, 3.63) is 123 Å². The Morgan fingerprint density at radius 2 is 1.60 bits per heavy atom. The predicted octanol–water partition coefficient (Wildman–Crippen LogP) is 8.02. The molecule has 1 fully saturated rings. The number of aromatic nitrogens is 2. The lowest BCUT2D eigenvalue weighted by atomic mass is 9.94. The first-order valence-corrected chi connectivity index (χ1v) is 17.5. The van der Waals surface area contributed by atoms with Gasteiger partial charge in [0, 0.05) is 16.3 Å². The average Bonchev–Trinajstić information content (AvgIpc) is 3.71. The van der Waals surface area contributed by atoms with Crippen molar-refractivity contribution in [3.8, 4) is 23.0 Å². The number of ketones is 1. The average molecular weight is 730 g/mol. The number of hydrogen-bond acceptors (Lipinski definition) is 11. The van der Waals surface area contributed by atoms with Gasteiger partial charge in [0.25, 0.3) is 5.78 Å². The fourth-order valence-corrected chi connectivity index (χ4v) is 7.44. The first-order chi connectivity index (χ1) is 24.2. The zero-order chi connectivity index (χ0) is 35.4. The number of amides is 1. The van der Waals surface area contributed by atoms with E-state index in [0.29, 0.717) is 55.8 Å². The lowest BCUT2D eigenvalue weighted by molar-refractivity contribution is -0.132. The normalized spacial score (nSPS) is 15.3. The van der Waals surface area contributed by atoms with Crippen molar-refractivity contribution in [2.75, 3.05) is 26.2 Å². The van der Waals surface area contributed by atoms with E-state index in [1.807, 2.05) is 55.5 Å². The third kappa shape index (κ3) is 7.14. The Bertz CT molecular complexity index is 2040. The maximum atomic E-state index is 13.8. The van der Waals surface area contributed by atoms with Crippen molar-refractivity contribution in [2.24, 2.45) is 0 Å². The predicted molar refractivity (Wildman–Crippen MR) is 194 cm³/mol. The second-order valence-corrected chi connectivity index (χ2v) is 13.7. The van der Waals surface area contributed by atoms with E-state index < -0.39 is 17.7 Å². The highest BCUT2D eigenvalue weighted by Gasteiger charge is 2.49. The fourth-order valence-electron chi connectivity index (χ4n) is 5.49. The number of aryl methyl sites for hydroxylation is 1. The number of aliphatic hydroxyl groups excluding tert-OH is 1. The number of benzene rings is 4. The molecule has 0 aliphatic carbocycles. The fraction of sp³-hybridized carbons (Fsp3) is 0.189. The van der Waals surface area contributed by atoms with Crippen LogP contribution in [-0.4, -0.2) is 48.3 Å². The molecule has 13 heteroatoms. The van der Waals surface area contributed by atoms with Gasteiger partial charge in [0.1, 0.15) is 18.1 Å². The first kappa shape index (κ1) is 34.8. The first-order valence-electron chi connectivity index (χ1n) is 15.3. The van der Waals surface area contributed by atoms with Crippen LogP contribution in [0.5, 0.6) is 23.0 Å². The summed E-state index contributed by atoms with van der Waals surface area (Å²) in [6, 6.07) is 24.2. The van der Waals surface area contributed by atoms with E-state index >= 15 is 0 Å². The molecule has 1 aliphatic heterocycles. The number of carbonyl (C=O) groups is 2. The Labute approximate surface area is 302 Å². The number of carbonyl (C=O) groups excluding carboxylic acids is 2. The van der Waals surface area contributed by atoms with Gasteiger partial charge in [0.2, 0.25) is 10.9 Å². The number of rotatable bonds is 12. The van der Waals surface area contributed by atoms with Crippen LogP contribution in [0.1, 0.15) is 33.9 Å². The minimum absolute atomic E-state index is 0.136. The minimum Gasteiger partial charge on any atom is -0.507 e. The molecule has 10 nitrogen and oxygen atoms in total. The van der Waals surface area contributed by atoms with Crippen LogP contribution in [-0.2, 0) is 21.9 Å². The van der Waals surface area contributed by atoms with Gasteiger partial charge in [-0.15, -0.1) is 10.2 Å². The molecular formula is C37H32ClN3O7S2. The van der Waals surface area contributed by atoms with Crippen molar-refractivity contribution in [1.82, 2.24) is 10.2 Å². The summed E-state index contributed by atoms with van der Waals surface area (Å²) in [5, 5.41) is 21.2. The molecule has 0 spiro atoms. The molecule has 1 aliphatic rings. The van der Waals surface area contributed by atoms with Crippen LogP contribution in [0.3, 0.4) is 0 Å². The molecule has 5 aromatic rings. The van der Waals surface area contributed by atoms with Gasteiger partial charge in [-0.2, -0.15) is 0 Å². The van der Waals surface area contributed by atoms with Crippen LogP contribution < -0.4 is 23.8 Å². The Hall–Kier alpha value is -5.04. The van der Waals surface area contributed by atoms with Crippen molar-refractivity contribution in [2.45, 2.75) is 29.7 Å².